The zero-order chi connectivity index (χ0) is 10.7. The molecule has 1 saturated heterocycles. The van der Waals surface area contributed by atoms with Crippen molar-refractivity contribution in [1.29, 1.82) is 0 Å². The summed E-state index contributed by atoms with van der Waals surface area (Å²) in [5, 5.41) is 0. The Kier molecular flexibility index (Phi) is 6.80. The van der Waals surface area contributed by atoms with Crippen molar-refractivity contribution in [2.45, 2.75) is 19.4 Å². The van der Waals surface area contributed by atoms with Gasteiger partial charge in [0.2, 0.25) is 0 Å². The molecule has 1 amide bonds. The second kappa shape index (κ2) is 7.27. The zero-order valence-electron chi connectivity index (χ0n) is 9.69. The van der Waals surface area contributed by atoms with E-state index < -0.39 is 0 Å². The summed E-state index contributed by atoms with van der Waals surface area (Å²) in [4.78, 5) is 13.9. The predicted octanol–water partition coefficient (Wildman–Crippen LogP) is 0.978. The zero-order valence-corrected chi connectivity index (χ0v) is 10.5. The fraction of sp³-hybridized carbons (Fsp3) is 0.417. The van der Waals surface area contributed by atoms with Crippen molar-refractivity contribution in [1.82, 2.24) is 4.90 Å². The van der Waals surface area contributed by atoms with Gasteiger partial charge in [-0.25, -0.2) is 0 Å². The largest absolute Gasteiger partial charge is 0.412 e. The second-order valence-electron chi connectivity index (χ2n) is 3.90. The molecule has 96 valence electrons. The molecule has 0 aromatic heterocycles. The maximum Gasteiger partial charge on any atom is 0.253 e. The third-order valence-electron chi connectivity index (χ3n) is 2.83. The third-order valence-corrected chi connectivity index (χ3v) is 2.83. The van der Waals surface area contributed by atoms with Crippen molar-refractivity contribution in [3.05, 3.63) is 35.4 Å². The number of rotatable bonds is 2. The molecule has 5 heteroatoms. The van der Waals surface area contributed by atoms with Crippen molar-refractivity contribution < 1.29 is 10.3 Å². The standard InChI is InChI=1S/C12H16N2O.ClH.H2O/c13-9-10-3-5-11(6-4-10)12(15)14-7-1-2-8-14;;/h3-6H,1-2,7-9,13H2;1H;1H2. The summed E-state index contributed by atoms with van der Waals surface area (Å²) in [6.07, 6.45) is 2.26. The first-order chi connectivity index (χ1) is 7.31. The Hall–Kier alpha value is -1.10. The Morgan fingerprint density at radius 3 is 2.18 bits per heavy atom. The van der Waals surface area contributed by atoms with Crippen molar-refractivity contribution in [2.75, 3.05) is 13.1 Å². The highest BCUT2D eigenvalue weighted by Gasteiger charge is 2.18. The average Bonchev–Trinajstić information content (AvgIpc) is 2.82. The molecule has 0 atom stereocenters. The van der Waals surface area contributed by atoms with Crippen LogP contribution in [-0.4, -0.2) is 29.4 Å². The van der Waals surface area contributed by atoms with Gasteiger partial charge < -0.3 is 16.1 Å². The quantitative estimate of drug-likeness (QED) is 0.858. The highest BCUT2D eigenvalue weighted by Crippen LogP contribution is 2.13. The van der Waals surface area contributed by atoms with E-state index in [9.17, 15) is 4.79 Å². The predicted molar refractivity (Wildman–Crippen MR) is 70.3 cm³/mol. The minimum absolute atomic E-state index is 0. The molecule has 1 fully saturated rings. The molecule has 1 aromatic rings. The maximum atomic E-state index is 11.9. The lowest BCUT2D eigenvalue weighted by atomic mass is 10.1. The molecule has 0 spiro atoms. The van der Waals surface area contributed by atoms with Gasteiger partial charge in [-0.2, -0.15) is 0 Å². The molecule has 1 aliphatic heterocycles. The van der Waals surface area contributed by atoms with Gasteiger partial charge in [0.25, 0.3) is 5.91 Å². The lowest BCUT2D eigenvalue weighted by Gasteiger charge is -2.15. The van der Waals surface area contributed by atoms with Crippen molar-refractivity contribution in [3.8, 4) is 0 Å². The van der Waals surface area contributed by atoms with Crippen LogP contribution >= 0.6 is 12.4 Å². The van der Waals surface area contributed by atoms with Crippen LogP contribution in [0.15, 0.2) is 24.3 Å². The number of nitrogens with two attached hydrogens (primary N) is 1. The smallest absolute Gasteiger partial charge is 0.253 e. The first-order valence-corrected chi connectivity index (χ1v) is 5.39. The Morgan fingerprint density at radius 1 is 1.18 bits per heavy atom. The van der Waals surface area contributed by atoms with E-state index in [0.29, 0.717) is 6.54 Å². The summed E-state index contributed by atoms with van der Waals surface area (Å²) in [5.41, 5.74) is 7.34. The van der Waals surface area contributed by atoms with E-state index in [-0.39, 0.29) is 23.8 Å². The highest BCUT2D eigenvalue weighted by atomic mass is 35.5. The van der Waals surface area contributed by atoms with Crippen LogP contribution in [-0.2, 0) is 6.54 Å². The van der Waals surface area contributed by atoms with Crippen LogP contribution < -0.4 is 5.73 Å². The van der Waals surface area contributed by atoms with Crippen LogP contribution in [0.1, 0.15) is 28.8 Å². The van der Waals surface area contributed by atoms with Gasteiger partial charge in [0.15, 0.2) is 0 Å². The summed E-state index contributed by atoms with van der Waals surface area (Å²) < 4.78 is 0. The van der Waals surface area contributed by atoms with Gasteiger partial charge in [-0.15, -0.1) is 12.4 Å². The van der Waals surface area contributed by atoms with Crippen molar-refractivity contribution in [3.63, 3.8) is 0 Å². The fourth-order valence-electron chi connectivity index (χ4n) is 1.89. The van der Waals surface area contributed by atoms with Gasteiger partial charge >= 0.3 is 0 Å². The summed E-state index contributed by atoms with van der Waals surface area (Å²) in [5.74, 6) is 0.149. The number of carbonyl (C=O) groups is 1. The lowest BCUT2D eigenvalue weighted by molar-refractivity contribution is 0.0793. The number of benzene rings is 1. The normalized spacial score (nSPS) is 13.8. The van der Waals surface area contributed by atoms with E-state index in [2.05, 4.69) is 0 Å². The summed E-state index contributed by atoms with van der Waals surface area (Å²) in [6.45, 7) is 2.33. The highest BCUT2D eigenvalue weighted by molar-refractivity contribution is 5.94. The molecule has 2 rings (SSSR count). The number of halogens is 1. The second-order valence-corrected chi connectivity index (χ2v) is 3.90. The average molecular weight is 259 g/mol. The van der Waals surface area contributed by atoms with Crippen LogP contribution in [0.3, 0.4) is 0 Å². The minimum atomic E-state index is 0. The van der Waals surface area contributed by atoms with Crippen LogP contribution in [0, 0.1) is 0 Å². The lowest BCUT2D eigenvalue weighted by Crippen LogP contribution is -2.27. The SMILES string of the molecule is Cl.NCc1ccc(C(=O)N2CCCC2)cc1.O. The van der Waals surface area contributed by atoms with Gasteiger partial charge in [-0.1, -0.05) is 12.1 Å². The van der Waals surface area contributed by atoms with E-state index in [1.165, 1.54) is 0 Å². The Bertz CT molecular complexity index is 348. The summed E-state index contributed by atoms with van der Waals surface area (Å²) in [7, 11) is 0. The molecule has 0 radical (unpaired) electrons. The molecular weight excluding hydrogens is 240 g/mol. The summed E-state index contributed by atoms with van der Waals surface area (Å²) in [6, 6.07) is 7.57. The van der Waals surface area contributed by atoms with E-state index >= 15 is 0 Å². The number of amides is 1. The van der Waals surface area contributed by atoms with Crippen molar-refractivity contribution >= 4 is 18.3 Å². The first kappa shape index (κ1) is 15.9. The number of hydrogen-bond donors (Lipinski definition) is 1. The van der Waals surface area contributed by atoms with E-state index in [4.69, 9.17) is 5.73 Å². The molecule has 1 aliphatic rings. The van der Waals surface area contributed by atoms with Gasteiger partial charge in [0.05, 0.1) is 0 Å². The molecule has 4 nitrogen and oxygen atoms in total. The molecule has 1 heterocycles. The van der Waals surface area contributed by atoms with Gasteiger partial charge in [0.1, 0.15) is 0 Å². The molecule has 4 N–H and O–H groups in total. The molecule has 0 unspecified atom stereocenters. The number of hydrogen-bond acceptors (Lipinski definition) is 2. The Labute approximate surface area is 108 Å². The fourth-order valence-corrected chi connectivity index (χ4v) is 1.89. The number of likely N-dealkylation sites (tertiary alicyclic amines) is 1. The van der Waals surface area contributed by atoms with E-state index in [0.717, 1.165) is 37.1 Å². The Balaban J connectivity index is 0.00000128. The van der Waals surface area contributed by atoms with E-state index in [1.54, 1.807) is 0 Å². The molecule has 1 aromatic carbocycles. The molecule has 17 heavy (non-hydrogen) atoms. The van der Waals surface area contributed by atoms with Crippen LogP contribution in [0.25, 0.3) is 0 Å². The molecular formula is C12H19ClN2O2. The molecule has 0 saturated carbocycles. The first-order valence-electron chi connectivity index (χ1n) is 5.39. The third kappa shape index (κ3) is 3.70. The monoisotopic (exact) mass is 258 g/mol. The molecule has 0 aliphatic carbocycles. The number of carbonyl (C=O) groups excluding carboxylic acids is 1. The summed E-state index contributed by atoms with van der Waals surface area (Å²) >= 11 is 0. The molecule has 0 bridgehead atoms. The minimum Gasteiger partial charge on any atom is -0.412 e. The van der Waals surface area contributed by atoms with Crippen molar-refractivity contribution in [2.24, 2.45) is 5.73 Å². The van der Waals surface area contributed by atoms with E-state index in [1.807, 2.05) is 29.2 Å². The van der Waals surface area contributed by atoms with Crippen LogP contribution in [0.2, 0.25) is 0 Å². The van der Waals surface area contributed by atoms with Gasteiger partial charge in [0, 0.05) is 25.2 Å². The van der Waals surface area contributed by atoms with Crippen LogP contribution in [0.5, 0.6) is 0 Å². The van der Waals surface area contributed by atoms with Gasteiger partial charge in [-0.05, 0) is 30.5 Å². The van der Waals surface area contributed by atoms with Gasteiger partial charge in [-0.3, -0.25) is 4.79 Å². The van der Waals surface area contributed by atoms with Crippen LogP contribution in [0.4, 0.5) is 0 Å². The number of nitrogens with zero attached hydrogens (tertiary/aromatic N) is 1. The maximum absolute atomic E-state index is 11.9. The topological polar surface area (TPSA) is 77.8 Å². The Morgan fingerprint density at radius 2 is 1.71 bits per heavy atom.